The highest BCUT2D eigenvalue weighted by atomic mass is 32.1. The van der Waals surface area contributed by atoms with Crippen LogP contribution < -0.4 is 14.8 Å². The first kappa shape index (κ1) is 21.7. The third kappa shape index (κ3) is 5.97. The molecule has 28 heavy (non-hydrogen) atoms. The number of imide groups is 1. The molecule has 0 aliphatic carbocycles. The molecule has 0 fully saturated rings. The zero-order chi connectivity index (χ0) is 20.5. The van der Waals surface area contributed by atoms with E-state index in [4.69, 9.17) is 9.47 Å². The molecule has 1 heterocycles. The van der Waals surface area contributed by atoms with Crippen LogP contribution in [0.1, 0.15) is 24.3 Å². The highest BCUT2D eigenvalue weighted by molar-refractivity contribution is 7.09. The second kappa shape index (κ2) is 10.7. The van der Waals surface area contributed by atoms with Gasteiger partial charge >= 0.3 is 6.09 Å². The zero-order valence-corrected chi connectivity index (χ0v) is 17.4. The topological polar surface area (TPSA) is 77.1 Å². The molecule has 0 aliphatic rings. The fraction of sp³-hybridized carbons (Fsp3) is 0.400. The van der Waals surface area contributed by atoms with Crippen LogP contribution in [0.25, 0.3) is 0 Å². The minimum absolute atomic E-state index is 0.406. The lowest BCUT2D eigenvalue weighted by molar-refractivity contribution is -0.125. The van der Waals surface area contributed by atoms with Crippen molar-refractivity contribution in [1.29, 1.82) is 0 Å². The summed E-state index contributed by atoms with van der Waals surface area (Å²) in [4.78, 5) is 26.5. The second-order valence-electron chi connectivity index (χ2n) is 6.07. The average Bonchev–Trinajstić information content (AvgIpc) is 3.23. The van der Waals surface area contributed by atoms with E-state index in [0.29, 0.717) is 31.2 Å². The van der Waals surface area contributed by atoms with E-state index in [2.05, 4.69) is 10.1 Å². The van der Waals surface area contributed by atoms with Gasteiger partial charge in [-0.2, -0.15) is 0 Å². The maximum Gasteiger partial charge on any atom is 0.413 e. The van der Waals surface area contributed by atoms with Gasteiger partial charge in [0, 0.05) is 11.4 Å². The van der Waals surface area contributed by atoms with Gasteiger partial charge < -0.3 is 14.2 Å². The number of likely N-dealkylation sites (N-methyl/N-ethyl adjacent to an activating group) is 1. The van der Waals surface area contributed by atoms with Gasteiger partial charge in [-0.3, -0.25) is 15.0 Å². The fourth-order valence-electron chi connectivity index (χ4n) is 2.65. The molecular formula is C20H26N2O5S. The van der Waals surface area contributed by atoms with Crippen LogP contribution in [0, 0.1) is 0 Å². The summed E-state index contributed by atoms with van der Waals surface area (Å²) in [6.07, 6.45) is -0.762. The van der Waals surface area contributed by atoms with Crippen molar-refractivity contribution in [1.82, 2.24) is 10.2 Å². The normalized spacial score (nSPS) is 11.8. The van der Waals surface area contributed by atoms with Crippen LogP contribution in [0.3, 0.4) is 0 Å². The van der Waals surface area contributed by atoms with Crippen LogP contribution in [0.15, 0.2) is 35.7 Å². The molecule has 1 N–H and O–H groups in total. The van der Waals surface area contributed by atoms with Crippen molar-refractivity contribution in [2.75, 3.05) is 20.8 Å². The number of methoxy groups -OCH3 is 2. The molecule has 2 amide bonds. The van der Waals surface area contributed by atoms with Crippen molar-refractivity contribution in [2.45, 2.75) is 33.0 Å². The van der Waals surface area contributed by atoms with E-state index in [1.54, 1.807) is 25.4 Å². The summed E-state index contributed by atoms with van der Waals surface area (Å²) in [5.41, 5.74) is 0.972. The number of thiophene rings is 1. The SMILES string of the molecule is CCN(Cc1ccc(OCc2cccs2)c(OC)c1)[C@H](C)C(=O)NC(=O)OC. The number of hydrogen-bond donors (Lipinski definition) is 1. The minimum Gasteiger partial charge on any atom is -0.493 e. The van der Waals surface area contributed by atoms with Crippen molar-refractivity contribution in [3.05, 3.63) is 46.2 Å². The molecule has 0 unspecified atom stereocenters. The first-order valence-corrected chi connectivity index (χ1v) is 9.81. The molecule has 8 heteroatoms. The average molecular weight is 407 g/mol. The Bertz CT molecular complexity index is 779. The maximum atomic E-state index is 12.2. The summed E-state index contributed by atoms with van der Waals surface area (Å²) in [6.45, 7) is 5.34. The van der Waals surface area contributed by atoms with Crippen LogP contribution in [0.2, 0.25) is 0 Å². The molecule has 0 saturated heterocycles. The molecule has 0 radical (unpaired) electrons. The first-order valence-electron chi connectivity index (χ1n) is 8.93. The van der Waals surface area contributed by atoms with E-state index in [0.717, 1.165) is 10.4 Å². The lowest BCUT2D eigenvalue weighted by Crippen LogP contribution is -2.46. The Morgan fingerprint density at radius 1 is 1.21 bits per heavy atom. The quantitative estimate of drug-likeness (QED) is 0.688. The van der Waals surface area contributed by atoms with E-state index in [9.17, 15) is 9.59 Å². The summed E-state index contributed by atoms with van der Waals surface area (Å²) in [5.74, 6) is 0.896. The second-order valence-corrected chi connectivity index (χ2v) is 7.11. The standard InChI is InChI=1S/C20H26N2O5S/c1-5-22(14(2)19(23)21-20(24)26-4)12-15-8-9-17(18(11-15)25-3)27-13-16-7-6-10-28-16/h6-11,14H,5,12-13H2,1-4H3,(H,21,23,24)/t14-/m1/s1. The lowest BCUT2D eigenvalue weighted by atomic mass is 10.1. The Kier molecular flexibility index (Phi) is 8.28. The smallest absolute Gasteiger partial charge is 0.413 e. The number of rotatable bonds is 9. The molecule has 152 valence electrons. The molecule has 2 aromatic rings. The predicted molar refractivity (Wildman–Crippen MR) is 108 cm³/mol. The van der Waals surface area contributed by atoms with Gasteiger partial charge in [0.05, 0.1) is 20.3 Å². The van der Waals surface area contributed by atoms with Crippen LogP contribution in [-0.4, -0.2) is 43.7 Å². The Morgan fingerprint density at radius 2 is 2.00 bits per heavy atom. The van der Waals surface area contributed by atoms with Gasteiger partial charge in [-0.1, -0.05) is 19.1 Å². The minimum atomic E-state index is -0.762. The number of carbonyl (C=O) groups excluding carboxylic acids is 2. The van der Waals surface area contributed by atoms with Gasteiger partial charge in [0.2, 0.25) is 5.91 Å². The summed E-state index contributed by atoms with van der Waals surface area (Å²) < 4.78 is 15.8. The third-order valence-corrected chi connectivity index (χ3v) is 5.16. The summed E-state index contributed by atoms with van der Waals surface area (Å²) in [7, 11) is 2.82. The van der Waals surface area contributed by atoms with E-state index < -0.39 is 18.0 Å². The summed E-state index contributed by atoms with van der Waals surface area (Å²) in [5, 5.41) is 4.22. The summed E-state index contributed by atoms with van der Waals surface area (Å²) in [6, 6.07) is 9.22. The first-order chi connectivity index (χ1) is 13.5. The number of carbonyl (C=O) groups is 2. The Hall–Kier alpha value is -2.58. The number of amides is 2. The van der Waals surface area contributed by atoms with Gasteiger partial charge in [-0.05, 0) is 42.6 Å². The Balaban J connectivity index is 2.04. The number of hydrogen-bond acceptors (Lipinski definition) is 7. The molecule has 1 aromatic carbocycles. The highest BCUT2D eigenvalue weighted by Gasteiger charge is 2.22. The van der Waals surface area contributed by atoms with Gasteiger partial charge in [-0.25, -0.2) is 4.79 Å². The largest absolute Gasteiger partial charge is 0.493 e. The molecule has 7 nitrogen and oxygen atoms in total. The van der Waals surface area contributed by atoms with Crippen LogP contribution >= 0.6 is 11.3 Å². The summed E-state index contributed by atoms with van der Waals surface area (Å²) >= 11 is 1.64. The Morgan fingerprint density at radius 3 is 2.61 bits per heavy atom. The molecule has 1 aromatic heterocycles. The van der Waals surface area contributed by atoms with Gasteiger partial charge in [-0.15, -0.1) is 11.3 Å². The molecule has 0 bridgehead atoms. The molecular weight excluding hydrogens is 380 g/mol. The van der Waals surface area contributed by atoms with E-state index in [1.807, 2.05) is 47.5 Å². The van der Waals surface area contributed by atoms with Crippen LogP contribution in [0.4, 0.5) is 4.79 Å². The van der Waals surface area contributed by atoms with E-state index in [-0.39, 0.29) is 0 Å². The van der Waals surface area contributed by atoms with Gasteiger partial charge in [0.15, 0.2) is 11.5 Å². The molecule has 0 spiro atoms. The van der Waals surface area contributed by atoms with Crippen LogP contribution in [-0.2, 0) is 22.7 Å². The number of ether oxygens (including phenoxy) is 3. The van der Waals surface area contributed by atoms with Crippen LogP contribution in [0.5, 0.6) is 11.5 Å². The fourth-order valence-corrected chi connectivity index (χ4v) is 3.27. The third-order valence-electron chi connectivity index (χ3n) is 4.31. The lowest BCUT2D eigenvalue weighted by Gasteiger charge is -2.26. The van der Waals surface area contributed by atoms with Gasteiger partial charge in [0.25, 0.3) is 0 Å². The molecule has 0 saturated carbocycles. The van der Waals surface area contributed by atoms with Crippen molar-refractivity contribution < 1.29 is 23.8 Å². The molecule has 2 rings (SSSR count). The van der Waals surface area contributed by atoms with E-state index in [1.165, 1.54) is 7.11 Å². The molecule has 0 aliphatic heterocycles. The van der Waals surface area contributed by atoms with Crippen molar-refractivity contribution in [2.24, 2.45) is 0 Å². The Labute approximate surface area is 169 Å². The monoisotopic (exact) mass is 406 g/mol. The van der Waals surface area contributed by atoms with Crippen molar-refractivity contribution >= 4 is 23.3 Å². The number of alkyl carbamates (subject to hydrolysis) is 1. The molecule has 1 atom stereocenters. The van der Waals surface area contributed by atoms with E-state index >= 15 is 0 Å². The zero-order valence-electron chi connectivity index (χ0n) is 16.6. The van der Waals surface area contributed by atoms with Crippen molar-refractivity contribution in [3.63, 3.8) is 0 Å². The highest BCUT2D eigenvalue weighted by Crippen LogP contribution is 2.30. The predicted octanol–water partition coefficient (Wildman–Crippen LogP) is 3.43. The van der Waals surface area contributed by atoms with Gasteiger partial charge in [0.1, 0.15) is 6.61 Å². The van der Waals surface area contributed by atoms with Crippen molar-refractivity contribution in [3.8, 4) is 11.5 Å². The number of nitrogens with one attached hydrogen (secondary N) is 1. The maximum absolute atomic E-state index is 12.2. The number of nitrogens with zero attached hydrogens (tertiary/aromatic N) is 1. The number of benzene rings is 1.